The number of phenolic OH excluding ortho intramolecular Hbond substituents is 1. The number of carbonyl (C=O) groups is 1. The van der Waals surface area contributed by atoms with Gasteiger partial charge in [0, 0.05) is 23.7 Å². The van der Waals surface area contributed by atoms with Crippen LogP contribution in [0.5, 0.6) is 5.75 Å². The lowest BCUT2D eigenvalue weighted by atomic mass is 10.2. The first-order valence-electron chi connectivity index (χ1n) is 5.74. The van der Waals surface area contributed by atoms with Gasteiger partial charge in [-0.1, -0.05) is 0 Å². The Hall–Kier alpha value is -2.01. The molecule has 1 unspecified atom stereocenters. The Kier molecular flexibility index (Phi) is 3.25. The van der Waals surface area contributed by atoms with Gasteiger partial charge in [-0.2, -0.15) is 0 Å². The first-order valence-corrected chi connectivity index (χ1v) is 5.74. The molecule has 3 N–H and O–H groups in total. The van der Waals surface area contributed by atoms with Gasteiger partial charge in [-0.25, -0.2) is 4.79 Å². The van der Waals surface area contributed by atoms with E-state index in [0.29, 0.717) is 12.2 Å². The molecule has 1 aromatic carbocycles. The molecule has 5 nitrogen and oxygen atoms in total. The van der Waals surface area contributed by atoms with Gasteiger partial charge in [0.25, 0.3) is 0 Å². The van der Waals surface area contributed by atoms with Gasteiger partial charge in [0.2, 0.25) is 0 Å². The van der Waals surface area contributed by atoms with E-state index in [1.54, 1.807) is 18.2 Å². The fourth-order valence-electron chi connectivity index (χ4n) is 2.12. The zero-order valence-electron chi connectivity index (χ0n) is 10.4. The number of carbonyl (C=O) groups excluding carboxylic acids is 1. The van der Waals surface area contributed by atoms with Gasteiger partial charge in [0.1, 0.15) is 11.8 Å². The van der Waals surface area contributed by atoms with Crippen LogP contribution >= 0.6 is 0 Å². The molecule has 1 heterocycles. The minimum Gasteiger partial charge on any atom is -0.508 e. The molecule has 18 heavy (non-hydrogen) atoms. The second kappa shape index (κ2) is 4.70. The van der Waals surface area contributed by atoms with E-state index in [0.717, 1.165) is 10.9 Å². The Bertz CT molecular complexity index is 589. The van der Waals surface area contributed by atoms with Gasteiger partial charge in [-0.3, -0.25) is 0 Å². The summed E-state index contributed by atoms with van der Waals surface area (Å²) in [5, 5.41) is 10.5. The van der Waals surface area contributed by atoms with E-state index in [4.69, 9.17) is 5.73 Å². The van der Waals surface area contributed by atoms with Crippen LogP contribution in [-0.4, -0.2) is 22.8 Å². The number of nitrogens with two attached hydrogens (primary N) is 1. The highest BCUT2D eigenvalue weighted by atomic mass is 16.5. The second-order valence-electron chi connectivity index (χ2n) is 4.06. The molecule has 0 saturated heterocycles. The zero-order chi connectivity index (χ0) is 13.3. The van der Waals surface area contributed by atoms with Gasteiger partial charge >= 0.3 is 5.97 Å². The lowest BCUT2D eigenvalue weighted by Gasteiger charge is -2.13. The smallest absolute Gasteiger partial charge is 0.328 e. The average Bonchev–Trinajstić information content (AvgIpc) is 2.74. The number of aromatic nitrogens is 1. The van der Waals surface area contributed by atoms with E-state index in [9.17, 15) is 9.90 Å². The molecule has 0 fully saturated rings. The molecule has 0 bridgehead atoms. The molecule has 1 aromatic heterocycles. The monoisotopic (exact) mass is 248 g/mol. The van der Waals surface area contributed by atoms with Crippen LogP contribution < -0.4 is 5.73 Å². The maximum absolute atomic E-state index is 11.5. The van der Waals surface area contributed by atoms with Crippen molar-refractivity contribution in [2.75, 3.05) is 7.11 Å². The fraction of sp³-hybridized carbons (Fsp3) is 0.308. The Balaban J connectivity index is 2.60. The molecule has 2 aromatic rings. The molecule has 1 atom stereocenters. The van der Waals surface area contributed by atoms with Crippen molar-refractivity contribution in [1.82, 2.24) is 4.57 Å². The first-order chi connectivity index (χ1) is 8.58. The molecular weight excluding hydrogens is 232 g/mol. The normalized spacial score (nSPS) is 12.6. The number of nitrogens with zero attached hydrogens (tertiary/aromatic N) is 1. The standard InChI is InChI=1S/C13H16N2O3/c1-3-15-10-7-9(16)5-4-8(10)6-11(15)12(14)13(17)18-2/h4-7,12,16H,3,14H2,1-2H3. The number of phenols is 1. The van der Waals surface area contributed by atoms with Crippen molar-refractivity contribution in [3.8, 4) is 5.75 Å². The minimum atomic E-state index is -0.815. The van der Waals surface area contributed by atoms with Crippen molar-refractivity contribution in [2.45, 2.75) is 19.5 Å². The number of hydrogen-bond donors (Lipinski definition) is 2. The number of ether oxygens (including phenoxy) is 1. The van der Waals surface area contributed by atoms with Gasteiger partial charge in [0.05, 0.1) is 12.6 Å². The Morgan fingerprint density at radius 1 is 1.50 bits per heavy atom. The number of methoxy groups -OCH3 is 1. The lowest BCUT2D eigenvalue weighted by Crippen LogP contribution is -2.25. The van der Waals surface area contributed by atoms with Crippen LogP contribution in [0.3, 0.4) is 0 Å². The summed E-state index contributed by atoms with van der Waals surface area (Å²) in [4.78, 5) is 11.5. The third-order valence-electron chi connectivity index (χ3n) is 3.01. The van der Waals surface area contributed by atoms with E-state index in [1.807, 2.05) is 17.6 Å². The molecule has 0 aliphatic heterocycles. The SMILES string of the molecule is CCn1c(C(N)C(=O)OC)cc2ccc(O)cc21. The van der Waals surface area contributed by atoms with Gasteiger partial charge in [0.15, 0.2) is 0 Å². The summed E-state index contributed by atoms with van der Waals surface area (Å²) in [6, 6.07) is 6.09. The summed E-state index contributed by atoms with van der Waals surface area (Å²) < 4.78 is 6.56. The third-order valence-corrected chi connectivity index (χ3v) is 3.01. The topological polar surface area (TPSA) is 77.5 Å². The Labute approximate surface area is 105 Å². The van der Waals surface area contributed by atoms with E-state index < -0.39 is 12.0 Å². The van der Waals surface area contributed by atoms with Crippen LogP contribution in [0, 0.1) is 0 Å². The van der Waals surface area contributed by atoms with Crippen molar-refractivity contribution in [1.29, 1.82) is 0 Å². The molecule has 0 aliphatic rings. The summed E-state index contributed by atoms with van der Waals surface area (Å²) in [6.45, 7) is 2.62. The van der Waals surface area contributed by atoms with Crippen molar-refractivity contribution in [2.24, 2.45) is 5.73 Å². The molecule has 0 saturated carbocycles. The molecule has 96 valence electrons. The number of benzene rings is 1. The molecule has 0 aliphatic carbocycles. The van der Waals surface area contributed by atoms with Crippen molar-refractivity contribution in [3.05, 3.63) is 30.0 Å². The van der Waals surface area contributed by atoms with Crippen LogP contribution in [0.25, 0.3) is 10.9 Å². The third kappa shape index (κ3) is 1.93. The zero-order valence-corrected chi connectivity index (χ0v) is 10.4. The second-order valence-corrected chi connectivity index (χ2v) is 4.06. The average molecular weight is 248 g/mol. The summed E-state index contributed by atoms with van der Waals surface area (Å²) in [5.74, 6) is -0.287. The number of aryl methyl sites for hydroxylation is 1. The number of rotatable bonds is 3. The van der Waals surface area contributed by atoms with Gasteiger partial charge < -0.3 is 20.1 Å². The number of aromatic hydroxyl groups is 1. The van der Waals surface area contributed by atoms with E-state index >= 15 is 0 Å². The molecule has 0 amide bonds. The number of esters is 1. The van der Waals surface area contributed by atoms with Crippen molar-refractivity contribution in [3.63, 3.8) is 0 Å². The highest BCUT2D eigenvalue weighted by molar-refractivity contribution is 5.86. The van der Waals surface area contributed by atoms with Crippen LogP contribution in [0.1, 0.15) is 18.7 Å². The summed E-state index contributed by atoms with van der Waals surface area (Å²) in [6.07, 6.45) is 0. The van der Waals surface area contributed by atoms with Crippen molar-refractivity contribution < 1.29 is 14.6 Å². The highest BCUT2D eigenvalue weighted by Crippen LogP contribution is 2.27. The van der Waals surface area contributed by atoms with Crippen LogP contribution in [0.4, 0.5) is 0 Å². The van der Waals surface area contributed by atoms with Crippen LogP contribution in [0.15, 0.2) is 24.3 Å². The molecular formula is C13H16N2O3. The number of hydrogen-bond acceptors (Lipinski definition) is 4. The van der Waals surface area contributed by atoms with Crippen LogP contribution in [0.2, 0.25) is 0 Å². The highest BCUT2D eigenvalue weighted by Gasteiger charge is 2.21. The summed E-state index contributed by atoms with van der Waals surface area (Å²) in [7, 11) is 1.31. The molecule has 0 spiro atoms. The van der Waals surface area contributed by atoms with E-state index in [2.05, 4.69) is 4.74 Å². The van der Waals surface area contributed by atoms with Crippen molar-refractivity contribution >= 4 is 16.9 Å². The minimum absolute atomic E-state index is 0.188. The summed E-state index contributed by atoms with van der Waals surface area (Å²) in [5.41, 5.74) is 7.41. The maximum atomic E-state index is 11.5. The molecule has 0 radical (unpaired) electrons. The maximum Gasteiger partial charge on any atom is 0.328 e. The quantitative estimate of drug-likeness (QED) is 0.808. The fourth-order valence-corrected chi connectivity index (χ4v) is 2.12. The van der Waals surface area contributed by atoms with Crippen LogP contribution in [-0.2, 0) is 16.1 Å². The van der Waals surface area contributed by atoms with E-state index in [1.165, 1.54) is 7.11 Å². The first kappa shape index (κ1) is 12.4. The van der Waals surface area contributed by atoms with Gasteiger partial charge in [-0.05, 0) is 25.1 Å². The number of fused-ring (bicyclic) bond motifs is 1. The predicted octanol–water partition coefficient (Wildman–Crippen LogP) is 1.54. The largest absolute Gasteiger partial charge is 0.508 e. The lowest BCUT2D eigenvalue weighted by molar-refractivity contribution is -0.142. The Morgan fingerprint density at radius 3 is 2.83 bits per heavy atom. The Morgan fingerprint density at radius 2 is 2.22 bits per heavy atom. The van der Waals surface area contributed by atoms with Gasteiger partial charge in [-0.15, -0.1) is 0 Å². The molecule has 2 rings (SSSR count). The molecule has 5 heteroatoms. The predicted molar refractivity (Wildman–Crippen MR) is 68.2 cm³/mol. The van der Waals surface area contributed by atoms with E-state index in [-0.39, 0.29) is 5.75 Å². The summed E-state index contributed by atoms with van der Waals surface area (Å²) >= 11 is 0.